The number of sulfonamides is 2. The van der Waals surface area contributed by atoms with Crippen LogP contribution in [-0.2, 0) is 33.1 Å². The zero-order valence-corrected chi connectivity index (χ0v) is 25.1. The number of carbonyl (C=O) groups excluding carboxylic acids is 1. The monoisotopic (exact) mass is 639 g/mol. The second-order valence-electron chi connectivity index (χ2n) is 9.69. The fourth-order valence-corrected chi connectivity index (χ4v) is 6.60. The average Bonchev–Trinajstić information content (AvgIpc) is 3.25. The van der Waals surface area contributed by atoms with E-state index in [9.17, 15) is 26.4 Å². The van der Waals surface area contributed by atoms with Gasteiger partial charge in [0.1, 0.15) is 5.69 Å². The van der Waals surface area contributed by atoms with Crippen LogP contribution < -0.4 is 20.7 Å². The molecule has 5 rings (SSSR count). The number of benzene rings is 3. The highest BCUT2D eigenvalue weighted by atomic mass is 35.5. The number of rotatable bonds is 9. The summed E-state index contributed by atoms with van der Waals surface area (Å²) in [5.41, 5.74) is 7.80. The van der Waals surface area contributed by atoms with Crippen LogP contribution in [0.25, 0.3) is 22.0 Å². The molecule has 43 heavy (non-hydrogen) atoms. The number of hydrogen-bond acceptors (Lipinski definition) is 7. The van der Waals surface area contributed by atoms with Crippen molar-refractivity contribution in [2.75, 3.05) is 11.0 Å². The Kier molecular flexibility index (Phi) is 8.16. The maximum absolute atomic E-state index is 14.1. The molecular formula is C29H26ClN5O6S2. The van der Waals surface area contributed by atoms with Crippen LogP contribution in [-0.4, -0.2) is 38.5 Å². The number of nitrogens with zero attached hydrogens (tertiary/aromatic N) is 1. The molecule has 0 radical (unpaired) electrons. The normalized spacial score (nSPS) is 11.9. The molecule has 5 N–H and O–H groups in total. The molecule has 0 saturated heterocycles. The molecule has 11 nitrogen and oxygen atoms in total. The second kappa shape index (κ2) is 11.7. The van der Waals surface area contributed by atoms with Crippen LogP contribution >= 0.6 is 11.6 Å². The summed E-state index contributed by atoms with van der Waals surface area (Å²) in [5, 5.41) is 0.798. The van der Waals surface area contributed by atoms with Crippen LogP contribution in [0.2, 0.25) is 5.02 Å². The number of hydrogen-bond donors (Lipinski definition) is 4. The molecule has 5 aromatic rings. The van der Waals surface area contributed by atoms with Crippen molar-refractivity contribution in [3.05, 3.63) is 117 Å². The highest BCUT2D eigenvalue weighted by Crippen LogP contribution is 2.36. The quantitative estimate of drug-likeness (QED) is 0.190. The maximum atomic E-state index is 14.1. The number of carbonyl (C=O) groups is 1. The first-order chi connectivity index (χ1) is 20.4. The van der Waals surface area contributed by atoms with Gasteiger partial charge < -0.3 is 15.3 Å². The van der Waals surface area contributed by atoms with Crippen LogP contribution in [0.15, 0.2) is 94.7 Å². The number of halogens is 1. The van der Waals surface area contributed by atoms with E-state index in [4.69, 9.17) is 17.3 Å². The molecule has 0 aliphatic carbocycles. The summed E-state index contributed by atoms with van der Waals surface area (Å²) in [6.45, 7) is 0.340. The number of H-pyrrole nitrogens is 1. The van der Waals surface area contributed by atoms with E-state index < -0.39 is 31.5 Å². The Morgan fingerprint density at radius 2 is 1.70 bits per heavy atom. The molecule has 0 fully saturated rings. The van der Waals surface area contributed by atoms with Crippen molar-refractivity contribution in [2.45, 2.75) is 18.0 Å². The molecule has 2 heterocycles. The molecule has 0 atom stereocenters. The number of amides is 1. The molecule has 2 aromatic heterocycles. The molecule has 0 unspecified atom stereocenters. The number of nitrogens with two attached hydrogens (primary N) is 1. The third kappa shape index (κ3) is 6.34. The van der Waals surface area contributed by atoms with Crippen molar-refractivity contribution in [3.8, 4) is 11.1 Å². The van der Waals surface area contributed by atoms with E-state index in [1.807, 2.05) is 24.3 Å². The SMILES string of the molecule is CS(=O)(=O)Nc1cccc(S(=O)(=O)NC(=O)c2c(-c3ccc[nH]c3=O)c3cc(Cl)ccc3n2Cc2ccccc2CN)c1. The topological polar surface area (TPSA) is 173 Å². The minimum absolute atomic E-state index is 0.00326. The first-order valence-corrected chi connectivity index (χ1v) is 16.5. The van der Waals surface area contributed by atoms with Crippen LogP contribution in [0, 0.1) is 0 Å². The number of nitrogens with one attached hydrogen (secondary N) is 3. The number of aromatic nitrogens is 2. The molecule has 0 aliphatic heterocycles. The minimum Gasteiger partial charge on any atom is -0.331 e. The van der Waals surface area contributed by atoms with Crippen LogP contribution in [0.5, 0.6) is 0 Å². The van der Waals surface area contributed by atoms with Gasteiger partial charge in [-0.25, -0.2) is 21.6 Å². The lowest BCUT2D eigenvalue weighted by Crippen LogP contribution is -2.33. The van der Waals surface area contributed by atoms with Crippen molar-refractivity contribution < 1.29 is 21.6 Å². The Balaban J connectivity index is 1.72. The zero-order chi connectivity index (χ0) is 30.9. The van der Waals surface area contributed by atoms with Gasteiger partial charge in [0.25, 0.3) is 21.5 Å². The lowest BCUT2D eigenvalue weighted by atomic mass is 10.0. The van der Waals surface area contributed by atoms with E-state index >= 15 is 0 Å². The smallest absolute Gasteiger partial charge is 0.282 e. The number of fused-ring (bicyclic) bond motifs is 1. The largest absolute Gasteiger partial charge is 0.331 e. The predicted octanol–water partition coefficient (Wildman–Crippen LogP) is 3.65. The Labute approximate surface area is 252 Å². The van der Waals surface area contributed by atoms with Gasteiger partial charge in [0.15, 0.2) is 0 Å². The van der Waals surface area contributed by atoms with Gasteiger partial charge in [-0.1, -0.05) is 41.9 Å². The summed E-state index contributed by atoms with van der Waals surface area (Å²) in [7, 11) is -8.22. The lowest BCUT2D eigenvalue weighted by molar-refractivity contribution is 0.0974. The van der Waals surface area contributed by atoms with Gasteiger partial charge >= 0.3 is 0 Å². The van der Waals surface area contributed by atoms with Crippen molar-refractivity contribution in [2.24, 2.45) is 5.73 Å². The summed E-state index contributed by atoms with van der Waals surface area (Å²) >= 11 is 6.36. The van der Waals surface area contributed by atoms with Crippen LogP contribution in [0.4, 0.5) is 5.69 Å². The van der Waals surface area contributed by atoms with E-state index in [2.05, 4.69) is 14.4 Å². The summed E-state index contributed by atoms with van der Waals surface area (Å²) in [5.74, 6) is -1.02. The van der Waals surface area contributed by atoms with Gasteiger partial charge in [-0.15, -0.1) is 0 Å². The van der Waals surface area contributed by atoms with Gasteiger partial charge in [0.2, 0.25) is 10.0 Å². The van der Waals surface area contributed by atoms with Gasteiger partial charge in [-0.05, 0) is 59.7 Å². The zero-order valence-electron chi connectivity index (χ0n) is 22.7. The van der Waals surface area contributed by atoms with E-state index in [-0.39, 0.29) is 40.5 Å². The molecule has 3 aromatic carbocycles. The Hall–Kier alpha value is -4.43. The summed E-state index contributed by atoms with van der Waals surface area (Å²) in [6, 6.07) is 20.4. The van der Waals surface area contributed by atoms with Gasteiger partial charge in [0, 0.05) is 52.0 Å². The third-order valence-electron chi connectivity index (χ3n) is 6.67. The molecule has 0 aliphatic rings. The van der Waals surface area contributed by atoms with Crippen LogP contribution in [0.3, 0.4) is 0 Å². The molecule has 222 valence electrons. The Bertz CT molecular complexity index is 2160. The summed E-state index contributed by atoms with van der Waals surface area (Å²) in [4.78, 5) is 29.4. The second-order valence-corrected chi connectivity index (χ2v) is 13.6. The molecule has 0 spiro atoms. The van der Waals surface area contributed by atoms with E-state index in [0.29, 0.717) is 15.9 Å². The van der Waals surface area contributed by atoms with Crippen molar-refractivity contribution in [1.29, 1.82) is 0 Å². The highest BCUT2D eigenvalue weighted by Gasteiger charge is 2.29. The van der Waals surface area contributed by atoms with Gasteiger partial charge in [0.05, 0.1) is 11.2 Å². The highest BCUT2D eigenvalue weighted by molar-refractivity contribution is 7.92. The fraction of sp³-hybridized carbons (Fsp3) is 0.103. The number of aromatic amines is 1. The van der Waals surface area contributed by atoms with E-state index in [1.165, 1.54) is 30.5 Å². The first kappa shape index (κ1) is 30.0. The van der Waals surface area contributed by atoms with Crippen LogP contribution in [0.1, 0.15) is 21.6 Å². The fourth-order valence-electron chi connectivity index (χ4n) is 4.87. The molecule has 0 saturated carbocycles. The van der Waals surface area contributed by atoms with E-state index in [1.54, 1.807) is 28.8 Å². The number of pyridine rings is 1. The van der Waals surface area contributed by atoms with E-state index in [0.717, 1.165) is 23.4 Å². The lowest BCUT2D eigenvalue weighted by Gasteiger charge is -2.15. The van der Waals surface area contributed by atoms with Crippen molar-refractivity contribution >= 4 is 54.1 Å². The van der Waals surface area contributed by atoms with Gasteiger partial charge in [-0.2, -0.15) is 0 Å². The Morgan fingerprint density at radius 3 is 2.40 bits per heavy atom. The van der Waals surface area contributed by atoms with Crippen molar-refractivity contribution in [3.63, 3.8) is 0 Å². The van der Waals surface area contributed by atoms with Crippen molar-refractivity contribution in [1.82, 2.24) is 14.3 Å². The predicted molar refractivity (Wildman–Crippen MR) is 166 cm³/mol. The maximum Gasteiger partial charge on any atom is 0.282 e. The molecule has 0 bridgehead atoms. The Morgan fingerprint density at radius 1 is 0.953 bits per heavy atom. The third-order valence-corrected chi connectivity index (χ3v) is 8.84. The molecule has 14 heteroatoms. The standard InChI is InChI=1S/C29H26ClN5O6S2/c1-42(38,39)33-21-8-4-9-22(15-21)43(40,41)34-29(37)27-26(23-10-5-13-32-28(23)36)24-14-20(30)11-12-25(24)35(27)17-19-7-3-2-6-18(19)16-31/h2-15,33H,16-17,31H2,1H3,(H,32,36)(H,34,37). The molecule has 1 amide bonds. The first-order valence-electron chi connectivity index (χ1n) is 12.8. The molecular weight excluding hydrogens is 614 g/mol. The summed E-state index contributed by atoms with van der Waals surface area (Å²) < 4.78 is 56.2. The average molecular weight is 640 g/mol. The minimum atomic E-state index is -4.52. The summed E-state index contributed by atoms with van der Waals surface area (Å²) in [6.07, 6.45) is 2.37. The number of anilines is 1. The van der Waals surface area contributed by atoms with Gasteiger partial charge in [-0.3, -0.25) is 14.3 Å².